The summed E-state index contributed by atoms with van der Waals surface area (Å²) in [6.45, 7) is 2.42. The van der Waals surface area contributed by atoms with Gasteiger partial charge in [0.15, 0.2) is 0 Å². The Hall–Kier alpha value is -2.14. The summed E-state index contributed by atoms with van der Waals surface area (Å²) in [6, 6.07) is 11.9. The number of nitrogens with zero attached hydrogens (tertiary/aromatic N) is 3. The van der Waals surface area contributed by atoms with Gasteiger partial charge in [-0.25, -0.2) is 9.97 Å². The van der Waals surface area contributed by atoms with Gasteiger partial charge in [-0.1, -0.05) is 18.2 Å². The Morgan fingerprint density at radius 1 is 1.21 bits per heavy atom. The van der Waals surface area contributed by atoms with Crippen LogP contribution >= 0.6 is 0 Å². The van der Waals surface area contributed by atoms with Crippen LogP contribution in [0.1, 0.15) is 11.4 Å². The van der Waals surface area contributed by atoms with Gasteiger partial charge in [-0.15, -0.1) is 0 Å². The number of ether oxygens (including phenoxy) is 1. The third kappa shape index (κ3) is 3.66. The third-order valence-electron chi connectivity index (χ3n) is 2.61. The smallest absolute Gasteiger partial charge is 0.242 e. The highest BCUT2D eigenvalue weighted by atomic mass is 16.5. The van der Waals surface area contributed by atoms with Crippen molar-refractivity contribution in [3.05, 3.63) is 47.8 Å². The number of benzene rings is 1. The highest BCUT2D eigenvalue weighted by Gasteiger charge is 2.05. The maximum absolute atomic E-state index is 5.10. The number of rotatable bonds is 5. The Labute approximate surface area is 113 Å². The molecule has 1 aromatic carbocycles. The molecule has 2 aromatic rings. The number of anilines is 2. The Kier molecular flexibility index (Phi) is 4.30. The second-order valence-corrected chi connectivity index (χ2v) is 4.26. The second kappa shape index (κ2) is 6.15. The molecule has 19 heavy (non-hydrogen) atoms. The summed E-state index contributed by atoms with van der Waals surface area (Å²) in [4.78, 5) is 8.76. The predicted molar refractivity (Wildman–Crippen MR) is 75.9 cm³/mol. The molecule has 0 aliphatic rings. The summed E-state index contributed by atoms with van der Waals surface area (Å²) in [5, 5.41) is 1.88. The van der Waals surface area contributed by atoms with E-state index in [0.29, 0.717) is 12.6 Å². The van der Waals surface area contributed by atoms with Crippen LogP contribution in [0.15, 0.2) is 36.4 Å². The molecule has 5 heteroatoms. The molecular formula is C14H18N4O. The minimum absolute atomic E-state index is 0.479. The van der Waals surface area contributed by atoms with Crippen LogP contribution in [-0.2, 0) is 11.3 Å². The summed E-state index contributed by atoms with van der Waals surface area (Å²) in [5.41, 5.74) is 5.96. The third-order valence-corrected chi connectivity index (χ3v) is 2.61. The molecule has 2 rings (SSSR count). The van der Waals surface area contributed by atoms with Gasteiger partial charge in [0.1, 0.15) is 0 Å². The summed E-state index contributed by atoms with van der Waals surface area (Å²) in [5.74, 6) is 0.568. The first kappa shape index (κ1) is 13.3. The van der Waals surface area contributed by atoms with Crippen LogP contribution < -0.4 is 10.4 Å². The lowest BCUT2D eigenvalue weighted by Gasteiger charge is -2.20. The fourth-order valence-electron chi connectivity index (χ4n) is 1.77. The highest BCUT2D eigenvalue weighted by Crippen LogP contribution is 2.13. The lowest BCUT2D eigenvalue weighted by Crippen LogP contribution is -2.26. The largest absolute Gasteiger partial charge is 0.378 e. The Bertz CT molecular complexity index is 530. The van der Waals surface area contributed by atoms with E-state index in [4.69, 9.17) is 4.74 Å². The van der Waals surface area contributed by atoms with E-state index in [0.717, 1.165) is 17.1 Å². The van der Waals surface area contributed by atoms with Gasteiger partial charge in [-0.3, -0.25) is 10.4 Å². The van der Waals surface area contributed by atoms with Crippen molar-refractivity contribution in [3.8, 4) is 0 Å². The second-order valence-electron chi connectivity index (χ2n) is 4.26. The molecule has 0 saturated carbocycles. The molecular weight excluding hydrogens is 240 g/mol. The van der Waals surface area contributed by atoms with Crippen molar-refractivity contribution >= 4 is 11.6 Å². The van der Waals surface area contributed by atoms with Gasteiger partial charge in [0.2, 0.25) is 5.95 Å². The Balaban J connectivity index is 2.14. The number of hydrogen-bond acceptors (Lipinski definition) is 5. The van der Waals surface area contributed by atoms with Crippen molar-refractivity contribution in [1.29, 1.82) is 0 Å². The number of aryl methyl sites for hydroxylation is 1. The van der Waals surface area contributed by atoms with E-state index < -0.39 is 0 Å². The van der Waals surface area contributed by atoms with E-state index in [-0.39, 0.29) is 0 Å². The molecule has 0 saturated heterocycles. The molecule has 1 N–H and O–H groups in total. The van der Waals surface area contributed by atoms with Crippen LogP contribution in [0.25, 0.3) is 0 Å². The molecule has 0 bridgehead atoms. The number of methoxy groups -OCH3 is 1. The maximum atomic E-state index is 5.10. The van der Waals surface area contributed by atoms with Gasteiger partial charge < -0.3 is 4.74 Å². The lowest BCUT2D eigenvalue weighted by molar-refractivity contribution is 0.181. The molecule has 0 radical (unpaired) electrons. The minimum Gasteiger partial charge on any atom is -0.378 e. The van der Waals surface area contributed by atoms with E-state index in [1.165, 1.54) is 0 Å². The average Bonchev–Trinajstić information content (AvgIpc) is 2.39. The minimum atomic E-state index is 0.479. The van der Waals surface area contributed by atoms with Crippen LogP contribution in [-0.4, -0.2) is 24.1 Å². The van der Waals surface area contributed by atoms with Gasteiger partial charge in [0.25, 0.3) is 0 Å². The molecule has 0 fully saturated rings. The Morgan fingerprint density at radius 3 is 2.63 bits per heavy atom. The zero-order valence-electron chi connectivity index (χ0n) is 11.4. The molecule has 0 atom stereocenters. The quantitative estimate of drug-likeness (QED) is 0.834. The van der Waals surface area contributed by atoms with Crippen LogP contribution in [0.5, 0.6) is 0 Å². The zero-order chi connectivity index (χ0) is 13.7. The van der Waals surface area contributed by atoms with Crippen molar-refractivity contribution in [2.45, 2.75) is 13.5 Å². The molecule has 0 unspecified atom stereocenters. The zero-order valence-corrected chi connectivity index (χ0v) is 11.4. The van der Waals surface area contributed by atoms with Gasteiger partial charge in [-0.2, -0.15) is 0 Å². The topological polar surface area (TPSA) is 50.3 Å². The van der Waals surface area contributed by atoms with Gasteiger partial charge in [0.05, 0.1) is 18.0 Å². The highest BCUT2D eigenvalue weighted by molar-refractivity contribution is 5.49. The van der Waals surface area contributed by atoms with E-state index in [1.54, 1.807) is 7.11 Å². The van der Waals surface area contributed by atoms with E-state index >= 15 is 0 Å². The molecule has 100 valence electrons. The first-order valence-electron chi connectivity index (χ1n) is 6.08. The van der Waals surface area contributed by atoms with Crippen LogP contribution in [0, 0.1) is 6.92 Å². The standard InChI is InChI=1S/C14H18N4O/c1-11-9-12(10-19-3)16-14(15-11)17-18(2)13-7-5-4-6-8-13/h4-9H,10H2,1-3H3,(H,15,16,17). The van der Waals surface area contributed by atoms with Crippen LogP contribution in [0.4, 0.5) is 11.6 Å². The molecule has 0 aliphatic carbocycles. The van der Waals surface area contributed by atoms with Crippen molar-refractivity contribution in [3.63, 3.8) is 0 Å². The van der Waals surface area contributed by atoms with Crippen molar-refractivity contribution < 1.29 is 4.74 Å². The monoisotopic (exact) mass is 258 g/mol. The number of hydrazine groups is 1. The number of nitrogens with one attached hydrogen (secondary N) is 1. The van der Waals surface area contributed by atoms with Gasteiger partial charge in [-0.05, 0) is 25.1 Å². The maximum Gasteiger partial charge on any atom is 0.242 e. The predicted octanol–water partition coefficient (Wildman–Crippen LogP) is 2.39. The van der Waals surface area contributed by atoms with Crippen LogP contribution in [0.2, 0.25) is 0 Å². The Morgan fingerprint density at radius 2 is 1.95 bits per heavy atom. The molecule has 0 amide bonds. The average molecular weight is 258 g/mol. The SMILES string of the molecule is COCc1cc(C)nc(NN(C)c2ccccc2)n1. The number of para-hydroxylation sites is 1. The first-order chi connectivity index (χ1) is 9.19. The van der Waals surface area contributed by atoms with Crippen LogP contribution in [0.3, 0.4) is 0 Å². The molecule has 5 nitrogen and oxygen atoms in total. The number of aromatic nitrogens is 2. The molecule has 1 heterocycles. The van der Waals surface area contributed by atoms with E-state index in [9.17, 15) is 0 Å². The van der Waals surface area contributed by atoms with Crippen molar-refractivity contribution in [1.82, 2.24) is 9.97 Å². The van der Waals surface area contributed by atoms with Gasteiger partial charge in [0, 0.05) is 19.9 Å². The normalized spacial score (nSPS) is 10.3. The summed E-state index contributed by atoms with van der Waals surface area (Å²) >= 11 is 0. The fraction of sp³-hybridized carbons (Fsp3) is 0.286. The lowest BCUT2D eigenvalue weighted by atomic mass is 10.3. The fourth-order valence-corrected chi connectivity index (χ4v) is 1.77. The van der Waals surface area contributed by atoms with Gasteiger partial charge >= 0.3 is 0 Å². The molecule has 0 spiro atoms. The summed E-state index contributed by atoms with van der Waals surface area (Å²) in [7, 11) is 3.58. The molecule has 1 aromatic heterocycles. The summed E-state index contributed by atoms with van der Waals surface area (Å²) < 4.78 is 5.10. The molecule has 0 aliphatic heterocycles. The van der Waals surface area contributed by atoms with E-state index in [2.05, 4.69) is 15.4 Å². The number of hydrogen-bond donors (Lipinski definition) is 1. The van der Waals surface area contributed by atoms with Crippen molar-refractivity contribution in [2.75, 3.05) is 24.6 Å². The van der Waals surface area contributed by atoms with Crippen molar-refractivity contribution in [2.24, 2.45) is 0 Å². The first-order valence-corrected chi connectivity index (χ1v) is 6.08. The summed E-state index contributed by atoms with van der Waals surface area (Å²) in [6.07, 6.45) is 0. The van der Waals surface area contributed by atoms with E-state index in [1.807, 2.05) is 55.4 Å².